The van der Waals surface area contributed by atoms with E-state index in [0.29, 0.717) is 10.6 Å². The summed E-state index contributed by atoms with van der Waals surface area (Å²) in [5.41, 5.74) is 0. The number of fused-ring (bicyclic) bond motifs is 1. The molecule has 0 aliphatic carbocycles. The number of hydrogen-bond acceptors (Lipinski definition) is 4. The molecule has 2 amide bonds. The zero-order chi connectivity index (χ0) is 13.3. The molecule has 0 aromatic carbocycles. The highest BCUT2D eigenvalue weighted by Crippen LogP contribution is 2.49. The van der Waals surface area contributed by atoms with Crippen LogP contribution in [0.4, 0.5) is 4.79 Å². The summed E-state index contributed by atoms with van der Waals surface area (Å²) in [6, 6.07) is -0.489. The topological polar surface area (TPSA) is 58.6 Å². The monoisotopic (exact) mass is 272 g/mol. The van der Waals surface area contributed by atoms with Crippen molar-refractivity contribution in [1.82, 2.24) is 10.2 Å². The third-order valence-electron chi connectivity index (χ3n) is 3.43. The van der Waals surface area contributed by atoms with Crippen molar-refractivity contribution in [2.24, 2.45) is 5.92 Å². The molecule has 0 bridgehead atoms. The number of amides is 2. The second-order valence-electron chi connectivity index (χ2n) is 5.10. The number of piperidine rings is 1. The van der Waals surface area contributed by atoms with Gasteiger partial charge in [0.25, 0.3) is 0 Å². The summed E-state index contributed by atoms with van der Waals surface area (Å²) < 4.78 is 4.58. The van der Waals surface area contributed by atoms with E-state index >= 15 is 0 Å². The first kappa shape index (κ1) is 13.5. The van der Waals surface area contributed by atoms with E-state index in [2.05, 4.69) is 10.1 Å². The van der Waals surface area contributed by atoms with Gasteiger partial charge in [-0.05, 0) is 18.8 Å². The van der Waals surface area contributed by atoms with Gasteiger partial charge < -0.3 is 15.0 Å². The smallest absolute Gasteiger partial charge is 0.407 e. The van der Waals surface area contributed by atoms with E-state index in [-0.39, 0.29) is 11.8 Å². The Labute approximate surface area is 112 Å². The van der Waals surface area contributed by atoms with Crippen LogP contribution in [0, 0.1) is 5.92 Å². The van der Waals surface area contributed by atoms with Crippen LogP contribution in [0.5, 0.6) is 0 Å². The minimum absolute atomic E-state index is 0.0232. The Morgan fingerprint density at radius 1 is 1.44 bits per heavy atom. The lowest BCUT2D eigenvalue weighted by Gasteiger charge is -2.31. The van der Waals surface area contributed by atoms with Gasteiger partial charge in [0.15, 0.2) is 0 Å². The van der Waals surface area contributed by atoms with E-state index < -0.39 is 12.1 Å². The van der Waals surface area contributed by atoms with E-state index in [4.69, 9.17) is 0 Å². The summed E-state index contributed by atoms with van der Waals surface area (Å²) in [4.78, 5) is 25.7. The third-order valence-corrected chi connectivity index (χ3v) is 4.82. The minimum Gasteiger partial charge on any atom is -0.453 e. The summed E-state index contributed by atoms with van der Waals surface area (Å²) in [6.45, 7) is 4.67. The van der Waals surface area contributed by atoms with Crippen LogP contribution in [0.15, 0.2) is 0 Å². The third kappa shape index (κ3) is 2.74. The number of nitrogens with one attached hydrogen (secondary N) is 1. The molecule has 0 radical (unpaired) electrons. The molecule has 1 N–H and O–H groups in total. The van der Waals surface area contributed by atoms with Gasteiger partial charge >= 0.3 is 6.09 Å². The largest absolute Gasteiger partial charge is 0.453 e. The summed E-state index contributed by atoms with van der Waals surface area (Å²) in [5, 5.41) is 3.60. The molecular weight excluding hydrogens is 252 g/mol. The molecule has 3 atom stereocenters. The maximum Gasteiger partial charge on any atom is 0.407 e. The van der Waals surface area contributed by atoms with Crippen LogP contribution in [-0.2, 0) is 9.53 Å². The van der Waals surface area contributed by atoms with Gasteiger partial charge in [0, 0.05) is 11.8 Å². The molecule has 2 fully saturated rings. The van der Waals surface area contributed by atoms with Gasteiger partial charge in [-0.1, -0.05) is 13.8 Å². The molecule has 2 saturated heterocycles. The quantitative estimate of drug-likeness (QED) is 0.790. The molecule has 102 valence electrons. The van der Waals surface area contributed by atoms with Crippen molar-refractivity contribution in [1.29, 1.82) is 0 Å². The Morgan fingerprint density at radius 3 is 2.78 bits per heavy atom. The van der Waals surface area contributed by atoms with Crippen molar-refractivity contribution in [3.63, 3.8) is 0 Å². The SMILES string of the molecule is COC(=O)N[C@H](C(=O)N1CCCC2SC21)C(C)C. The normalized spacial score (nSPS) is 27.4. The zero-order valence-electron chi connectivity index (χ0n) is 11.0. The van der Waals surface area contributed by atoms with Gasteiger partial charge in [-0.2, -0.15) is 0 Å². The van der Waals surface area contributed by atoms with Gasteiger partial charge in [0.05, 0.1) is 12.5 Å². The van der Waals surface area contributed by atoms with E-state index in [1.54, 1.807) is 0 Å². The van der Waals surface area contributed by atoms with Crippen molar-refractivity contribution in [3.05, 3.63) is 0 Å². The van der Waals surface area contributed by atoms with Crippen molar-refractivity contribution >= 4 is 23.8 Å². The Balaban J connectivity index is 2.01. The zero-order valence-corrected chi connectivity index (χ0v) is 11.8. The standard InChI is InChI=1S/C12H20N2O3S/c1-7(2)9(13-12(16)17-3)10(15)14-6-4-5-8-11(14)18-8/h7-9,11H,4-6H2,1-3H3,(H,13,16)/t8?,9-,11?/m0/s1. The first-order valence-electron chi connectivity index (χ1n) is 6.35. The second-order valence-corrected chi connectivity index (χ2v) is 6.46. The number of alkyl carbamates (subject to hydrolysis) is 1. The van der Waals surface area contributed by atoms with Gasteiger partial charge in [-0.25, -0.2) is 4.79 Å². The number of carbonyl (C=O) groups is 2. The molecule has 2 unspecified atom stereocenters. The predicted octanol–water partition coefficient (Wildman–Crippen LogP) is 1.43. The van der Waals surface area contributed by atoms with Gasteiger partial charge in [0.1, 0.15) is 6.04 Å². The van der Waals surface area contributed by atoms with Gasteiger partial charge in [-0.3, -0.25) is 4.79 Å². The number of hydrogen-bond donors (Lipinski definition) is 1. The number of methoxy groups -OCH3 is 1. The summed E-state index contributed by atoms with van der Waals surface area (Å²) >= 11 is 1.85. The number of nitrogens with zero attached hydrogens (tertiary/aromatic N) is 1. The molecule has 2 heterocycles. The molecule has 0 spiro atoms. The first-order valence-corrected chi connectivity index (χ1v) is 7.29. The number of thioether (sulfide) groups is 1. The second kappa shape index (κ2) is 5.38. The van der Waals surface area contributed by atoms with Crippen LogP contribution < -0.4 is 5.32 Å². The lowest BCUT2D eigenvalue weighted by atomic mass is 10.0. The van der Waals surface area contributed by atoms with Crippen LogP contribution in [0.3, 0.4) is 0 Å². The minimum atomic E-state index is -0.543. The van der Waals surface area contributed by atoms with Gasteiger partial charge in [-0.15, -0.1) is 11.8 Å². The van der Waals surface area contributed by atoms with Crippen LogP contribution in [0.1, 0.15) is 26.7 Å². The molecule has 6 heteroatoms. The molecule has 2 aliphatic heterocycles. The number of carbonyl (C=O) groups excluding carboxylic acids is 2. The Kier molecular flexibility index (Phi) is 4.04. The Bertz CT molecular complexity index is 348. The molecule has 0 aromatic heterocycles. The molecule has 0 aromatic rings. The van der Waals surface area contributed by atoms with Gasteiger partial charge in [0.2, 0.25) is 5.91 Å². The highest BCUT2D eigenvalue weighted by atomic mass is 32.2. The molecule has 2 aliphatic rings. The first-order chi connectivity index (χ1) is 8.54. The van der Waals surface area contributed by atoms with Crippen molar-refractivity contribution in [2.75, 3.05) is 13.7 Å². The maximum atomic E-state index is 12.5. The summed E-state index contributed by atoms with van der Waals surface area (Å²) in [7, 11) is 1.31. The lowest BCUT2D eigenvalue weighted by molar-refractivity contribution is -0.135. The Morgan fingerprint density at radius 2 is 2.17 bits per heavy atom. The van der Waals surface area contributed by atoms with Crippen molar-refractivity contribution < 1.29 is 14.3 Å². The predicted molar refractivity (Wildman–Crippen MR) is 70.3 cm³/mol. The highest BCUT2D eigenvalue weighted by molar-refractivity contribution is 8.07. The average molecular weight is 272 g/mol. The number of ether oxygens (including phenoxy) is 1. The van der Waals surface area contributed by atoms with E-state index in [0.717, 1.165) is 13.0 Å². The fourth-order valence-electron chi connectivity index (χ4n) is 2.32. The van der Waals surface area contributed by atoms with E-state index in [1.807, 2.05) is 30.5 Å². The van der Waals surface area contributed by atoms with Crippen molar-refractivity contribution in [3.8, 4) is 0 Å². The molecule has 18 heavy (non-hydrogen) atoms. The van der Waals surface area contributed by atoms with E-state index in [1.165, 1.54) is 13.5 Å². The average Bonchev–Trinajstić information content (AvgIpc) is 3.13. The highest BCUT2D eigenvalue weighted by Gasteiger charge is 2.48. The van der Waals surface area contributed by atoms with Crippen LogP contribution >= 0.6 is 11.8 Å². The van der Waals surface area contributed by atoms with Crippen LogP contribution in [-0.4, -0.2) is 47.2 Å². The number of likely N-dealkylation sites (tertiary alicyclic amines) is 1. The fourth-order valence-corrected chi connectivity index (χ4v) is 3.53. The number of rotatable bonds is 3. The van der Waals surface area contributed by atoms with Crippen molar-refractivity contribution in [2.45, 2.75) is 43.4 Å². The fraction of sp³-hybridized carbons (Fsp3) is 0.833. The summed E-state index contributed by atoms with van der Waals surface area (Å²) in [5.74, 6) is 0.0795. The molecule has 2 rings (SSSR count). The molecule has 0 saturated carbocycles. The van der Waals surface area contributed by atoms with Crippen LogP contribution in [0.2, 0.25) is 0 Å². The van der Waals surface area contributed by atoms with E-state index in [9.17, 15) is 9.59 Å². The van der Waals surface area contributed by atoms with Crippen LogP contribution in [0.25, 0.3) is 0 Å². The summed E-state index contributed by atoms with van der Waals surface area (Å²) in [6.07, 6.45) is 1.72. The Hall–Kier alpha value is -0.910. The molecule has 5 nitrogen and oxygen atoms in total. The molecular formula is C12H20N2O3S. The maximum absolute atomic E-state index is 12.5. The lowest BCUT2D eigenvalue weighted by Crippen LogP contribution is -2.53.